The Hall–Kier alpha value is -2.41. The lowest BCUT2D eigenvalue weighted by molar-refractivity contribution is -0.136. The van der Waals surface area contributed by atoms with Crippen LogP contribution in [0, 0.1) is 0 Å². The summed E-state index contributed by atoms with van der Waals surface area (Å²) in [5.74, 6) is 0.0168. The lowest BCUT2D eigenvalue weighted by Crippen LogP contribution is -2.52. The predicted molar refractivity (Wildman–Crippen MR) is 105 cm³/mol. The number of imide groups is 1. The molecule has 0 radical (unpaired) electrons. The van der Waals surface area contributed by atoms with Crippen LogP contribution >= 0.6 is 0 Å². The molecule has 0 aromatic heterocycles. The smallest absolute Gasteiger partial charge is 0.255 e. The van der Waals surface area contributed by atoms with Gasteiger partial charge >= 0.3 is 0 Å². The Bertz CT molecular complexity index is 848. The number of hydrogen-bond donors (Lipinski definition) is 1. The van der Waals surface area contributed by atoms with Gasteiger partial charge in [-0.25, -0.2) is 0 Å². The minimum Gasteiger partial charge on any atom is -0.489 e. The molecule has 0 spiro atoms. The number of rotatable bonds is 4. The van der Waals surface area contributed by atoms with Crippen molar-refractivity contribution in [2.24, 2.45) is 0 Å². The Morgan fingerprint density at radius 2 is 1.83 bits per heavy atom. The zero-order chi connectivity index (χ0) is 20.0. The molecule has 1 aromatic carbocycles. The van der Waals surface area contributed by atoms with Gasteiger partial charge in [-0.1, -0.05) is 0 Å². The number of benzene rings is 1. The molecule has 1 aromatic rings. The van der Waals surface area contributed by atoms with Gasteiger partial charge in [0, 0.05) is 24.6 Å². The molecule has 1 aliphatic carbocycles. The molecule has 3 atom stereocenters. The van der Waals surface area contributed by atoms with E-state index in [1.165, 1.54) is 38.8 Å². The van der Waals surface area contributed by atoms with Crippen molar-refractivity contribution in [3.63, 3.8) is 0 Å². The van der Waals surface area contributed by atoms with Crippen molar-refractivity contribution in [1.82, 2.24) is 15.1 Å². The van der Waals surface area contributed by atoms with Crippen LogP contribution < -0.4 is 10.1 Å². The molecule has 7 nitrogen and oxygen atoms in total. The summed E-state index contributed by atoms with van der Waals surface area (Å²) in [5.41, 5.74) is 1.53. The first-order valence-corrected chi connectivity index (χ1v) is 10.8. The quantitative estimate of drug-likeness (QED) is 0.785. The van der Waals surface area contributed by atoms with Crippen molar-refractivity contribution in [3.05, 3.63) is 29.3 Å². The van der Waals surface area contributed by atoms with Crippen molar-refractivity contribution < 1.29 is 19.1 Å². The number of nitrogens with zero attached hydrogens (tertiary/aromatic N) is 2. The summed E-state index contributed by atoms with van der Waals surface area (Å²) in [7, 11) is 0. The van der Waals surface area contributed by atoms with E-state index in [-0.39, 0.29) is 30.2 Å². The number of carbonyl (C=O) groups excluding carboxylic acids is 3. The normalized spacial score (nSPS) is 30.0. The molecule has 3 aliphatic heterocycles. The first kappa shape index (κ1) is 18.6. The molecule has 154 valence electrons. The number of fused-ring (bicyclic) bond motifs is 1. The molecular weight excluding hydrogens is 370 g/mol. The molecule has 3 fully saturated rings. The van der Waals surface area contributed by atoms with Crippen LogP contribution in [0.25, 0.3) is 0 Å². The minimum atomic E-state index is -0.577. The van der Waals surface area contributed by atoms with Gasteiger partial charge in [-0.15, -0.1) is 0 Å². The van der Waals surface area contributed by atoms with Gasteiger partial charge in [-0.3, -0.25) is 24.6 Å². The number of amides is 3. The largest absolute Gasteiger partial charge is 0.489 e. The standard InChI is InChI=1S/C22H27N3O4/c26-20-9-8-18(21(27)23-20)25-13-14-12-15(6-7-16(14)22(25)28)29-19-5-3-4-17(19)24-10-1-2-11-24/h6-7,12,17-19H,1-5,8-11,13H2,(H,23,26,27)/t17-,18?,19+/m1/s1. The van der Waals surface area contributed by atoms with Gasteiger partial charge in [-0.2, -0.15) is 0 Å². The fourth-order valence-electron chi connectivity index (χ4n) is 5.33. The maximum atomic E-state index is 12.8. The van der Waals surface area contributed by atoms with E-state index in [2.05, 4.69) is 10.2 Å². The highest BCUT2D eigenvalue weighted by Gasteiger charge is 2.39. The summed E-state index contributed by atoms with van der Waals surface area (Å²) >= 11 is 0. The number of nitrogens with one attached hydrogen (secondary N) is 1. The first-order valence-electron chi connectivity index (χ1n) is 10.8. The molecule has 4 aliphatic rings. The fraction of sp³-hybridized carbons (Fsp3) is 0.591. The number of likely N-dealkylation sites (tertiary alicyclic amines) is 1. The van der Waals surface area contributed by atoms with Crippen LogP contribution in [0.3, 0.4) is 0 Å². The SMILES string of the molecule is O=C1CCC(N2Cc3cc(O[C@H]4CCC[C@H]4N4CCCC4)ccc3C2=O)C(=O)N1. The second-order valence-corrected chi connectivity index (χ2v) is 8.62. The average molecular weight is 397 g/mol. The Kier molecular flexibility index (Phi) is 4.78. The van der Waals surface area contributed by atoms with E-state index < -0.39 is 6.04 Å². The van der Waals surface area contributed by atoms with E-state index in [9.17, 15) is 14.4 Å². The predicted octanol–water partition coefficient (Wildman–Crippen LogP) is 1.84. The molecule has 1 saturated carbocycles. The molecule has 3 amide bonds. The van der Waals surface area contributed by atoms with Crippen molar-refractivity contribution in [1.29, 1.82) is 0 Å². The van der Waals surface area contributed by atoms with Crippen molar-refractivity contribution in [2.75, 3.05) is 13.1 Å². The molecule has 7 heteroatoms. The van der Waals surface area contributed by atoms with Gasteiger partial charge in [0.1, 0.15) is 17.9 Å². The second kappa shape index (κ2) is 7.44. The van der Waals surface area contributed by atoms with Gasteiger partial charge in [0.2, 0.25) is 11.8 Å². The van der Waals surface area contributed by atoms with E-state index in [4.69, 9.17) is 4.74 Å². The van der Waals surface area contributed by atoms with Crippen LogP contribution in [0.2, 0.25) is 0 Å². The van der Waals surface area contributed by atoms with Crippen LogP contribution in [0.15, 0.2) is 18.2 Å². The van der Waals surface area contributed by atoms with Crippen LogP contribution in [-0.4, -0.2) is 58.8 Å². The maximum absolute atomic E-state index is 12.8. The monoisotopic (exact) mass is 397 g/mol. The molecule has 3 heterocycles. The van der Waals surface area contributed by atoms with Gasteiger partial charge in [0.15, 0.2) is 0 Å². The van der Waals surface area contributed by atoms with E-state index in [1.807, 2.05) is 18.2 Å². The highest BCUT2D eigenvalue weighted by atomic mass is 16.5. The Balaban J connectivity index is 1.30. The first-order chi connectivity index (χ1) is 14.1. The van der Waals surface area contributed by atoms with Gasteiger partial charge < -0.3 is 9.64 Å². The highest BCUT2D eigenvalue weighted by Crippen LogP contribution is 2.34. The summed E-state index contributed by atoms with van der Waals surface area (Å²) in [6.07, 6.45) is 6.86. The lowest BCUT2D eigenvalue weighted by atomic mass is 10.0. The topological polar surface area (TPSA) is 79.0 Å². The highest BCUT2D eigenvalue weighted by molar-refractivity contribution is 6.05. The zero-order valence-electron chi connectivity index (χ0n) is 16.6. The molecule has 2 saturated heterocycles. The average Bonchev–Trinajstić information content (AvgIpc) is 3.43. The number of hydrogen-bond acceptors (Lipinski definition) is 5. The maximum Gasteiger partial charge on any atom is 0.255 e. The second-order valence-electron chi connectivity index (χ2n) is 8.62. The van der Waals surface area contributed by atoms with Crippen molar-refractivity contribution >= 4 is 17.7 Å². The van der Waals surface area contributed by atoms with Crippen molar-refractivity contribution in [2.45, 2.75) is 69.7 Å². The molecular formula is C22H27N3O4. The Morgan fingerprint density at radius 3 is 2.62 bits per heavy atom. The summed E-state index contributed by atoms with van der Waals surface area (Å²) in [6, 6.07) is 5.57. The zero-order valence-corrected chi connectivity index (χ0v) is 16.6. The van der Waals surface area contributed by atoms with Crippen molar-refractivity contribution in [3.8, 4) is 5.75 Å². The van der Waals surface area contributed by atoms with Crippen LogP contribution in [0.1, 0.15) is 60.9 Å². The van der Waals surface area contributed by atoms with Crippen LogP contribution in [-0.2, 0) is 16.1 Å². The van der Waals surface area contributed by atoms with E-state index in [0.29, 0.717) is 24.6 Å². The number of piperidine rings is 1. The Labute approximate surface area is 170 Å². The summed E-state index contributed by atoms with van der Waals surface area (Å²) in [4.78, 5) is 40.6. The summed E-state index contributed by atoms with van der Waals surface area (Å²) < 4.78 is 6.38. The summed E-state index contributed by atoms with van der Waals surface area (Å²) in [5, 5.41) is 2.34. The van der Waals surface area contributed by atoms with E-state index in [0.717, 1.165) is 17.7 Å². The van der Waals surface area contributed by atoms with Gasteiger partial charge in [-0.05, 0) is 75.4 Å². The van der Waals surface area contributed by atoms with Crippen LogP contribution in [0.4, 0.5) is 0 Å². The molecule has 29 heavy (non-hydrogen) atoms. The summed E-state index contributed by atoms with van der Waals surface area (Å²) in [6.45, 7) is 2.73. The minimum absolute atomic E-state index is 0.142. The molecule has 1 N–H and O–H groups in total. The Morgan fingerprint density at radius 1 is 1.00 bits per heavy atom. The third-order valence-corrected chi connectivity index (χ3v) is 6.81. The van der Waals surface area contributed by atoms with Gasteiger partial charge in [0.05, 0.1) is 0 Å². The third kappa shape index (κ3) is 3.41. The lowest BCUT2D eigenvalue weighted by Gasteiger charge is -2.29. The molecule has 0 bridgehead atoms. The van der Waals surface area contributed by atoms with Gasteiger partial charge in [0.25, 0.3) is 5.91 Å². The van der Waals surface area contributed by atoms with E-state index in [1.54, 1.807) is 4.90 Å². The van der Waals surface area contributed by atoms with Crippen LogP contribution in [0.5, 0.6) is 5.75 Å². The molecule has 1 unspecified atom stereocenters. The number of ether oxygens (including phenoxy) is 1. The fourth-order valence-corrected chi connectivity index (χ4v) is 5.33. The van der Waals surface area contributed by atoms with E-state index >= 15 is 0 Å². The number of carbonyl (C=O) groups is 3. The third-order valence-electron chi connectivity index (χ3n) is 6.81. The molecule has 5 rings (SSSR count).